The Balaban J connectivity index is 2.21. The molecule has 0 heterocycles. The van der Waals surface area contributed by atoms with Gasteiger partial charge in [0, 0.05) is 23.2 Å². The molecule has 1 amide bonds. The molecular formula is C18H17ClN2O5. The van der Waals surface area contributed by atoms with Crippen molar-refractivity contribution >= 4 is 29.2 Å². The Hall–Kier alpha value is -2.93. The summed E-state index contributed by atoms with van der Waals surface area (Å²) in [7, 11) is 1.23. The third kappa shape index (κ3) is 5.29. The number of hydrogen-bond donors (Lipinski definition) is 0. The monoisotopic (exact) mass is 376 g/mol. The second kappa shape index (κ2) is 8.96. The molecule has 0 aliphatic carbocycles. The molecule has 2 rings (SSSR count). The van der Waals surface area contributed by atoms with Crippen molar-refractivity contribution < 1.29 is 19.2 Å². The number of esters is 1. The van der Waals surface area contributed by atoms with Gasteiger partial charge < -0.3 is 9.64 Å². The fourth-order valence-electron chi connectivity index (χ4n) is 2.38. The molecule has 0 bridgehead atoms. The predicted octanol–water partition coefficient (Wildman–Crippen LogP) is 2.99. The highest BCUT2D eigenvalue weighted by Gasteiger charge is 2.22. The van der Waals surface area contributed by atoms with Crippen LogP contribution in [0.5, 0.6) is 0 Å². The lowest BCUT2D eigenvalue weighted by atomic mass is 10.1. The molecular weight excluding hydrogens is 360 g/mol. The van der Waals surface area contributed by atoms with Crippen molar-refractivity contribution in [1.29, 1.82) is 0 Å². The van der Waals surface area contributed by atoms with Gasteiger partial charge in [-0.2, -0.15) is 0 Å². The molecule has 0 saturated carbocycles. The lowest BCUT2D eigenvalue weighted by Crippen LogP contribution is -2.36. The zero-order chi connectivity index (χ0) is 19.1. The minimum atomic E-state index is -0.574. The Morgan fingerprint density at radius 1 is 1.15 bits per heavy atom. The normalized spacial score (nSPS) is 10.2. The molecule has 0 radical (unpaired) electrons. The van der Waals surface area contributed by atoms with Crippen LogP contribution in [0.4, 0.5) is 5.69 Å². The van der Waals surface area contributed by atoms with Gasteiger partial charge in [-0.15, -0.1) is 0 Å². The van der Waals surface area contributed by atoms with Crippen molar-refractivity contribution in [2.75, 3.05) is 13.7 Å². The van der Waals surface area contributed by atoms with Crippen LogP contribution in [0.1, 0.15) is 11.1 Å². The van der Waals surface area contributed by atoms with Crippen molar-refractivity contribution in [3.8, 4) is 0 Å². The van der Waals surface area contributed by atoms with E-state index in [1.165, 1.54) is 30.2 Å². The van der Waals surface area contributed by atoms with Gasteiger partial charge in [-0.1, -0.05) is 41.9 Å². The number of rotatable bonds is 7. The smallest absolute Gasteiger partial charge is 0.325 e. The van der Waals surface area contributed by atoms with Gasteiger partial charge in [0.25, 0.3) is 5.69 Å². The molecule has 7 nitrogen and oxygen atoms in total. The van der Waals surface area contributed by atoms with Gasteiger partial charge in [-0.25, -0.2) is 0 Å². The first-order valence-electron chi connectivity index (χ1n) is 7.72. The number of carbonyl (C=O) groups excluding carboxylic acids is 2. The predicted molar refractivity (Wildman–Crippen MR) is 95.7 cm³/mol. The number of halogens is 1. The van der Waals surface area contributed by atoms with Crippen molar-refractivity contribution in [3.63, 3.8) is 0 Å². The second-order valence-electron chi connectivity index (χ2n) is 5.51. The summed E-state index contributed by atoms with van der Waals surface area (Å²) in [5, 5.41) is 11.7. The summed E-state index contributed by atoms with van der Waals surface area (Å²) < 4.78 is 4.64. The highest BCUT2D eigenvalue weighted by molar-refractivity contribution is 6.30. The van der Waals surface area contributed by atoms with Gasteiger partial charge in [0.15, 0.2) is 0 Å². The van der Waals surface area contributed by atoms with Crippen LogP contribution in [0, 0.1) is 10.1 Å². The molecule has 2 aromatic carbocycles. The number of amides is 1. The Bertz CT molecular complexity index is 807. The number of carbonyl (C=O) groups is 2. The lowest BCUT2D eigenvalue weighted by Gasteiger charge is -2.21. The molecule has 0 saturated heterocycles. The molecule has 0 spiro atoms. The average molecular weight is 377 g/mol. The molecule has 0 fully saturated rings. The SMILES string of the molecule is COC(=O)CN(Cc1ccc(Cl)cc1)C(=O)Cc1ccccc1[N+](=O)[O-]. The van der Waals surface area contributed by atoms with E-state index in [0.717, 1.165) is 5.56 Å². The van der Waals surface area contributed by atoms with Gasteiger partial charge in [0.05, 0.1) is 18.5 Å². The Morgan fingerprint density at radius 2 is 1.81 bits per heavy atom. The number of nitro groups is 1. The molecule has 2 aromatic rings. The number of para-hydroxylation sites is 1. The van der Waals surface area contributed by atoms with Gasteiger partial charge >= 0.3 is 5.97 Å². The van der Waals surface area contributed by atoms with Gasteiger partial charge in [-0.3, -0.25) is 19.7 Å². The van der Waals surface area contributed by atoms with E-state index in [2.05, 4.69) is 4.74 Å². The summed E-state index contributed by atoms with van der Waals surface area (Å²) in [4.78, 5) is 36.2. The maximum absolute atomic E-state index is 12.7. The number of benzene rings is 2. The number of nitrogens with zero attached hydrogens (tertiary/aromatic N) is 2. The van der Waals surface area contributed by atoms with Crippen LogP contribution in [0.3, 0.4) is 0 Å². The maximum Gasteiger partial charge on any atom is 0.325 e. The van der Waals surface area contributed by atoms with E-state index < -0.39 is 16.8 Å². The number of nitro benzene ring substituents is 1. The summed E-state index contributed by atoms with van der Waals surface area (Å²) in [6.45, 7) is -0.0929. The van der Waals surface area contributed by atoms with E-state index >= 15 is 0 Å². The van der Waals surface area contributed by atoms with Gasteiger partial charge in [-0.05, 0) is 17.7 Å². The van der Waals surface area contributed by atoms with Crippen LogP contribution < -0.4 is 0 Å². The topological polar surface area (TPSA) is 89.8 Å². The summed E-state index contributed by atoms with van der Waals surface area (Å²) in [5.41, 5.74) is 0.924. The van der Waals surface area contributed by atoms with E-state index in [9.17, 15) is 19.7 Å². The average Bonchev–Trinajstić information content (AvgIpc) is 2.63. The van der Waals surface area contributed by atoms with Gasteiger partial charge in [0.2, 0.25) is 5.91 Å². The van der Waals surface area contributed by atoms with Crippen LogP contribution in [0.2, 0.25) is 5.02 Å². The Labute approximate surface area is 155 Å². The molecule has 0 atom stereocenters. The second-order valence-corrected chi connectivity index (χ2v) is 5.95. The fourth-order valence-corrected chi connectivity index (χ4v) is 2.50. The number of hydrogen-bond acceptors (Lipinski definition) is 5. The summed E-state index contributed by atoms with van der Waals surface area (Å²) in [6, 6.07) is 12.9. The first-order valence-corrected chi connectivity index (χ1v) is 8.10. The largest absolute Gasteiger partial charge is 0.468 e. The van der Waals surface area contributed by atoms with Crippen molar-refractivity contribution in [1.82, 2.24) is 4.90 Å². The minimum absolute atomic E-state index is 0.134. The maximum atomic E-state index is 12.7. The first kappa shape index (κ1) is 19.4. The highest BCUT2D eigenvalue weighted by Crippen LogP contribution is 2.19. The van der Waals surface area contributed by atoms with Crippen molar-refractivity contribution in [2.45, 2.75) is 13.0 Å². The Kier molecular flexibility index (Phi) is 6.68. The zero-order valence-electron chi connectivity index (χ0n) is 14.1. The molecule has 26 heavy (non-hydrogen) atoms. The molecule has 0 aliphatic rings. The lowest BCUT2D eigenvalue weighted by molar-refractivity contribution is -0.385. The standard InChI is InChI=1S/C18H17ClN2O5/c1-26-18(23)12-20(11-13-6-8-15(19)9-7-13)17(22)10-14-4-2-3-5-16(14)21(24)25/h2-9H,10-12H2,1H3. The highest BCUT2D eigenvalue weighted by atomic mass is 35.5. The molecule has 0 unspecified atom stereocenters. The summed E-state index contributed by atoms with van der Waals surface area (Å²) in [5.74, 6) is -0.991. The molecule has 136 valence electrons. The van der Waals surface area contributed by atoms with Crippen molar-refractivity contribution in [2.24, 2.45) is 0 Å². The molecule has 0 aliphatic heterocycles. The van der Waals surface area contributed by atoms with Crippen LogP contribution in [-0.4, -0.2) is 35.4 Å². The third-order valence-electron chi connectivity index (χ3n) is 3.72. The van der Waals surface area contributed by atoms with E-state index in [-0.39, 0.29) is 30.8 Å². The van der Waals surface area contributed by atoms with Gasteiger partial charge in [0.1, 0.15) is 6.54 Å². The molecule has 0 aromatic heterocycles. The van der Waals surface area contributed by atoms with E-state index in [1.807, 2.05) is 0 Å². The van der Waals surface area contributed by atoms with Crippen LogP contribution >= 0.6 is 11.6 Å². The zero-order valence-corrected chi connectivity index (χ0v) is 14.8. The fraction of sp³-hybridized carbons (Fsp3) is 0.222. The summed E-state index contributed by atoms with van der Waals surface area (Å²) in [6.07, 6.45) is -0.193. The minimum Gasteiger partial charge on any atom is -0.468 e. The summed E-state index contributed by atoms with van der Waals surface area (Å²) >= 11 is 5.85. The van der Waals surface area contributed by atoms with Crippen LogP contribution in [0.25, 0.3) is 0 Å². The van der Waals surface area contributed by atoms with Crippen LogP contribution in [-0.2, 0) is 27.3 Å². The molecule has 8 heteroatoms. The number of ether oxygens (including phenoxy) is 1. The third-order valence-corrected chi connectivity index (χ3v) is 3.97. The quantitative estimate of drug-likeness (QED) is 0.421. The van der Waals surface area contributed by atoms with E-state index in [0.29, 0.717) is 5.02 Å². The van der Waals surface area contributed by atoms with Crippen molar-refractivity contribution in [3.05, 3.63) is 74.8 Å². The molecule has 0 N–H and O–H groups in total. The van der Waals surface area contributed by atoms with E-state index in [4.69, 9.17) is 11.6 Å². The number of methoxy groups -OCH3 is 1. The van der Waals surface area contributed by atoms with Crippen LogP contribution in [0.15, 0.2) is 48.5 Å². The Morgan fingerprint density at radius 3 is 2.42 bits per heavy atom. The van der Waals surface area contributed by atoms with E-state index in [1.54, 1.807) is 30.3 Å². The first-order chi connectivity index (χ1) is 12.4.